The first kappa shape index (κ1) is 12.1. The van der Waals surface area contributed by atoms with E-state index in [0.29, 0.717) is 10.8 Å². The van der Waals surface area contributed by atoms with Crippen LogP contribution in [-0.2, 0) is 15.6 Å². The topological polar surface area (TPSA) is 73.1 Å². The third kappa shape index (κ3) is 2.83. The van der Waals surface area contributed by atoms with Crippen molar-refractivity contribution < 1.29 is 12.9 Å². The molecule has 1 aromatic heterocycles. The molecule has 7 heteroatoms. The number of nitrogens with zero attached hydrogens (tertiary/aromatic N) is 2. The molecule has 0 unspecified atom stereocenters. The van der Waals surface area contributed by atoms with Crippen molar-refractivity contribution in [2.45, 2.75) is 17.6 Å². The van der Waals surface area contributed by atoms with Crippen molar-refractivity contribution in [3.8, 4) is 0 Å². The van der Waals surface area contributed by atoms with Crippen molar-refractivity contribution in [2.75, 3.05) is 0 Å². The quantitative estimate of drug-likeness (QED) is 0.854. The van der Waals surface area contributed by atoms with E-state index in [0.717, 1.165) is 0 Å². The summed E-state index contributed by atoms with van der Waals surface area (Å²) < 4.78 is 28.7. The lowest BCUT2D eigenvalue weighted by Gasteiger charge is -2.01. The van der Waals surface area contributed by atoms with E-state index in [2.05, 4.69) is 10.1 Å². The summed E-state index contributed by atoms with van der Waals surface area (Å²) in [4.78, 5) is 4.03. The van der Waals surface area contributed by atoms with Crippen molar-refractivity contribution in [1.82, 2.24) is 10.1 Å². The highest BCUT2D eigenvalue weighted by atomic mass is 35.5. The van der Waals surface area contributed by atoms with Gasteiger partial charge in [0.25, 0.3) is 0 Å². The van der Waals surface area contributed by atoms with Crippen molar-refractivity contribution in [3.63, 3.8) is 0 Å². The van der Waals surface area contributed by atoms with Crippen LogP contribution in [-0.4, -0.2) is 18.6 Å². The maximum atomic E-state index is 12.0. The Hall–Kier alpha value is -1.40. The van der Waals surface area contributed by atoms with Crippen LogP contribution in [0.3, 0.4) is 0 Å². The second-order valence-electron chi connectivity index (χ2n) is 3.45. The third-order valence-electron chi connectivity index (χ3n) is 2.06. The predicted octanol–water partition coefficient (Wildman–Crippen LogP) is 2.01. The second kappa shape index (κ2) is 4.46. The van der Waals surface area contributed by atoms with Gasteiger partial charge in [0.05, 0.1) is 4.90 Å². The molecule has 90 valence electrons. The van der Waals surface area contributed by atoms with Crippen molar-refractivity contribution >= 4 is 21.4 Å². The minimum atomic E-state index is -3.47. The molecule has 0 saturated carbocycles. The maximum Gasteiger partial charge on any atom is 0.242 e. The van der Waals surface area contributed by atoms with Gasteiger partial charge in [0.15, 0.2) is 15.7 Å². The molecule has 1 heterocycles. The van der Waals surface area contributed by atoms with Crippen LogP contribution in [0, 0.1) is 6.92 Å². The van der Waals surface area contributed by atoms with Crippen molar-refractivity contribution in [2.24, 2.45) is 0 Å². The van der Waals surface area contributed by atoms with Gasteiger partial charge in [0.1, 0.15) is 5.75 Å². The van der Waals surface area contributed by atoms with Crippen LogP contribution >= 0.6 is 11.6 Å². The monoisotopic (exact) mass is 272 g/mol. The molecule has 0 aliphatic rings. The Kier molecular flexibility index (Phi) is 3.17. The van der Waals surface area contributed by atoms with E-state index < -0.39 is 9.84 Å². The van der Waals surface area contributed by atoms with E-state index in [1.54, 1.807) is 6.92 Å². The molecule has 2 rings (SSSR count). The van der Waals surface area contributed by atoms with E-state index in [9.17, 15) is 8.42 Å². The molecule has 0 radical (unpaired) electrons. The molecular formula is C10H9ClN2O3S. The van der Waals surface area contributed by atoms with Crippen LogP contribution in [0.15, 0.2) is 33.7 Å². The van der Waals surface area contributed by atoms with E-state index >= 15 is 0 Å². The molecule has 0 aliphatic carbocycles. The van der Waals surface area contributed by atoms with E-state index in [1.807, 2.05) is 0 Å². The molecule has 0 amide bonds. The number of halogens is 1. The normalized spacial score (nSPS) is 11.6. The lowest BCUT2D eigenvalue weighted by atomic mass is 10.4. The predicted molar refractivity (Wildman–Crippen MR) is 61.4 cm³/mol. The number of rotatable bonds is 3. The molecule has 0 N–H and O–H groups in total. The van der Waals surface area contributed by atoms with E-state index in [4.69, 9.17) is 16.1 Å². The van der Waals surface area contributed by atoms with Gasteiger partial charge in [-0.25, -0.2) is 8.42 Å². The number of aromatic nitrogens is 2. The largest absolute Gasteiger partial charge is 0.338 e. The molecule has 5 nitrogen and oxygen atoms in total. The van der Waals surface area contributed by atoms with Crippen LogP contribution in [0.1, 0.15) is 11.7 Å². The Balaban J connectivity index is 2.28. The van der Waals surface area contributed by atoms with Gasteiger partial charge < -0.3 is 4.52 Å². The standard InChI is InChI=1S/C10H9ClN2O3S/c1-7-12-10(16-13-7)6-17(14,15)9-4-2-8(11)3-5-9/h2-5H,6H2,1H3. The summed E-state index contributed by atoms with van der Waals surface area (Å²) in [6.07, 6.45) is 0. The van der Waals surface area contributed by atoms with Crippen molar-refractivity contribution in [1.29, 1.82) is 0 Å². The summed E-state index contributed by atoms with van der Waals surface area (Å²) in [5, 5.41) is 4.02. The van der Waals surface area contributed by atoms with Gasteiger partial charge in [-0.05, 0) is 31.2 Å². The van der Waals surface area contributed by atoms with Crippen LogP contribution in [0.25, 0.3) is 0 Å². The van der Waals surface area contributed by atoms with Crippen LogP contribution in [0.2, 0.25) is 5.02 Å². The minimum Gasteiger partial charge on any atom is -0.338 e. The molecule has 2 aromatic rings. The molecule has 17 heavy (non-hydrogen) atoms. The number of hydrogen-bond acceptors (Lipinski definition) is 5. The zero-order valence-electron chi connectivity index (χ0n) is 8.92. The maximum absolute atomic E-state index is 12.0. The number of hydrogen-bond donors (Lipinski definition) is 0. The van der Waals surface area contributed by atoms with Crippen LogP contribution < -0.4 is 0 Å². The summed E-state index contributed by atoms with van der Waals surface area (Å²) in [5.41, 5.74) is 0. The highest BCUT2D eigenvalue weighted by molar-refractivity contribution is 7.90. The molecule has 0 spiro atoms. The number of aryl methyl sites for hydroxylation is 1. The summed E-state index contributed by atoms with van der Waals surface area (Å²) in [6, 6.07) is 5.93. The first-order valence-electron chi connectivity index (χ1n) is 4.75. The Morgan fingerprint density at radius 2 is 1.94 bits per heavy atom. The fourth-order valence-electron chi connectivity index (χ4n) is 1.29. The average Bonchev–Trinajstić information content (AvgIpc) is 2.63. The summed E-state index contributed by atoms with van der Waals surface area (Å²) >= 11 is 5.69. The lowest BCUT2D eigenvalue weighted by molar-refractivity contribution is 0.384. The van der Waals surface area contributed by atoms with Gasteiger partial charge in [-0.3, -0.25) is 0 Å². The SMILES string of the molecule is Cc1noc(CS(=O)(=O)c2ccc(Cl)cc2)n1. The lowest BCUT2D eigenvalue weighted by Crippen LogP contribution is -2.05. The van der Waals surface area contributed by atoms with Crippen LogP contribution in [0.4, 0.5) is 0 Å². The highest BCUT2D eigenvalue weighted by Crippen LogP contribution is 2.18. The van der Waals surface area contributed by atoms with Gasteiger partial charge in [0, 0.05) is 5.02 Å². The molecule has 0 aliphatic heterocycles. The van der Waals surface area contributed by atoms with Gasteiger partial charge in [-0.15, -0.1) is 0 Å². The fraction of sp³-hybridized carbons (Fsp3) is 0.200. The summed E-state index contributed by atoms with van der Waals surface area (Å²) in [6.45, 7) is 1.63. The van der Waals surface area contributed by atoms with Crippen molar-refractivity contribution in [3.05, 3.63) is 41.0 Å². The van der Waals surface area contributed by atoms with Gasteiger partial charge in [-0.1, -0.05) is 16.8 Å². The first-order chi connectivity index (χ1) is 7.97. The Bertz CT molecular complexity index is 619. The highest BCUT2D eigenvalue weighted by Gasteiger charge is 2.19. The van der Waals surface area contributed by atoms with Crippen LogP contribution in [0.5, 0.6) is 0 Å². The summed E-state index contributed by atoms with van der Waals surface area (Å²) in [5.74, 6) is 0.180. The zero-order valence-corrected chi connectivity index (χ0v) is 10.5. The zero-order chi connectivity index (χ0) is 12.5. The molecule has 0 atom stereocenters. The Morgan fingerprint density at radius 3 is 2.47 bits per heavy atom. The number of sulfone groups is 1. The van der Waals surface area contributed by atoms with Gasteiger partial charge in [0.2, 0.25) is 5.89 Å². The van der Waals surface area contributed by atoms with E-state index in [1.165, 1.54) is 24.3 Å². The second-order valence-corrected chi connectivity index (χ2v) is 5.87. The molecular weight excluding hydrogens is 264 g/mol. The minimum absolute atomic E-state index is 0.0810. The molecule has 0 saturated heterocycles. The average molecular weight is 273 g/mol. The Labute approximate surface area is 103 Å². The molecule has 0 fully saturated rings. The Morgan fingerprint density at radius 1 is 1.29 bits per heavy atom. The van der Waals surface area contributed by atoms with Gasteiger partial charge >= 0.3 is 0 Å². The molecule has 0 bridgehead atoms. The summed E-state index contributed by atoms with van der Waals surface area (Å²) in [7, 11) is -3.47. The van der Waals surface area contributed by atoms with Gasteiger partial charge in [-0.2, -0.15) is 4.98 Å². The third-order valence-corrected chi connectivity index (χ3v) is 3.93. The smallest absolute Gasteiger partial charge is 0.242 e. The molecule has 1 aromatic carbocycles. The van der Waals surface area contributed by atoms with E-state index in [-0.39, 0.29) is 16.5 Å². The fourth-order valence-corrected chi connectivity index (χ4v) is 2.57. The number of benzene rings is 1. The first-order valence-corrected chi connectivity index (χ1v) is 6.78.